The minimum absolute atomic E-state index is 0.836. The van der Waals surface area contributed by atoms with Gasteiger partial charge in [0.2, 0.25) is 0 Å². The zero-order valence-corrected chi connectivity index (χ0v) is 10.3. The highest BCUT2D eigenvalue weighted by molar-refractivity contribution is 5.27. The van der Waals surface area contributed by atoms with Crippen molar-refractivity contribution in [2.75, 3.05) is 13.6 Å². The van der Waals surface area contributed by atoms with Gasteiger partial charge < -0.3 is 5.32 Å². The first-order valence-electron chi connectivity index (χ1n) is 6.63. The van der Waals surface area contributed by atoms with Gasteiger partial charge in [-0.1, -0.05) is 43.5 Å². The van der Waals surface area contributed by atoms with Crippen LogP contribution in [0.1, 0.15) is 49.1 Å². The topological polar surface area (TPSA) is 12.0 Å². The SMILES string of the molecule is CNCCc1cccc(C2CCCCC2)c1. The summed E-state index contributed by atoms with van der Waals surface area (Å²) in [4.78, 5) is 0. The van der Waals surface area contributed by atoms with Crippen molar-refractivity contribution in [1.29, 1.82) is 0 Å². The molecule has 0 saturated heterocycles. The van der Waals surface area contributed by atoms with Crippen LogP contribution in [0.3, 0.4) is 0 Å². The molecule has 1 saturated carbocycles. The highest BCUT2D eigenvalue weighted by Crippen LogP contribution is 2.32. The molecule has 2 rings (SSSR count). The first kappa shape index (κ1) is 11.7. The van der Waals surface area contributed by atoms with Crippen molar-refractivity contribution >= 4 is 0 Å². The van der Waals surface area contributed by atoms with Crippen molar-refractivity contribution in [1.82, 2.24) is 5.32 Å². The zero-order chi connectivity index (χ0) is 11.2. The summed E-state index contributed by atoms with van der Waals surface area (Å²) < 4.78 is 0. The lowest BCUT2D eigenvalue weighted by molar-refractivity contribution is 0.443. The van der Waals surface area contributed by atoms with Crippen LogP contribution in [0.25, 0.3) is 0 Å². The van der Waals surface area contributed by atoms with Gasteiger partial charge in [0.05, 0.1) is 0 Å². The standard InChI is InChI=1S/C15H23N/c1-16-11-10-13-6-5-9-15(12-13)14-7-3-2-4-8-14/h5-6,9,12,14,16H,2-4,7-8,10-11H2,1H3. The normalized spacial score (nSPS) is 17.6. The minimum Gasteiger partial charge on any atom is -0.319 e. The van der Waals surface area contributed by atoms with E-state index in [9.17, 15) is 0 Å². The van der Waals surface area contributed by atoms with Crippen LogP contribution in [0.5, 0.6) is 0 Å². The summed E-state index contributed by atoms with van der Waals surface area (Å²) in [5.74, 6) is 0.836. The second-order valence-electron chi connectivity index (χ2n) is 4.93. The lowest BCUT2D eigenvalue weighted by Gasteiger charge is -2.22. The van der Waals surface area contributed by atoms with Gasteiger partial charge in [0.1, 0.15) is 0 Å². The molecular formula is C15H23N. The Kier molecular flexibility index (Phi) is 4.41. The molecule has 0 atom stereocenters. The van der Waals surface area contributed by atoms with E-state index in [1.807, 2.05) is 7.05 Å². The molecule has 0 aliphatic heterocycles. The molecule has 0 spiro atoms. The van der Waals surface area contributed by atoms with E-state index in [-0.39, 0.29) is 0 Å². The van der Waals surface area contributed by atoms with E-state index < -0.39 is 0 Å². The molecule has 0 bridgehead atoms. The average Bonchev–Trinajstić information content (AvgIpc) is 2.38. The van der Waals surface area contributed by atoms with Gasteiger partial charge in [-0.2, -0.15) is 0 Å². The zero-order valence-electron chi connectivity index (χ0n) is 10.3. The molecule has 16 heavy (non-hydrogen) atoms. The largest absolute Gasteiger partial charge is 0.319 e. The van der Waals surface area contributed by atoms with E-state index in [0.717, 1.165) is 18.9 Å². The molecule has 0 radical (unpaired) electrons. The van der Waals surface area contributed by atoms with Crippen LogP contribution >= 0.6 is 0 Å². The third-order valence-corrected chi connectivity index (χ3v) is 3.69. The van der Waals surface area contributed by atoms with Crippen LogP contribution in [0.4, 0.5) is 0 Å². The van der Waals surface area contributed by atoms with Crippen LogP contribution in [-0.4, -0.2) is 13.6 Å². The van der Waals surface area contributed by atoms with Crippen LogP contribution in [-0.2, 0) is 6.42 Å². The Hall–Kier alpha value is -0.820. The van der Waals surface area contributed by atoms with Gasteiger partial charge >= 0.3 is 0 Å². The third-order valence-electron chi connectivity index (χ3n) is 3.69. The fraction of sp³-hybridized carbons (Fsp3) is 0.600. The fourth-order valence-corrected chi connectivity index (χ4v) is 2.71. The highest BCUT2D eigenvalue weighted by atomic mass is 14.8. The van der Waals surface area contributed by atoms with Gasteiger partial charge in [0, 0.05) is 0 Å². The smallest absolute Gasteiger partial charge is 0.00114 e. The Labute approximate surface area is 99.3 Å². The first-order chi connectivity index (χ1) is 7.90. The molecule has 0 aromatic heterocycles. The Bertz CT molecular complexity index is 313. The van der Waals surface area contributed by atoms with Gasteiger partial charge in [0.25, 0.3) is 0 Å². The summed E-state index contributed by atoms with van der Waals surface area (Å²) in [6, 6.07) is 9.23. The number of hydrogen-bond donors (Lipinski definition) is 1. The Morgan fingerprint density at radius 2 is 2.00 bits per heavy atom. The van der Waals surface area contributed by atoms with Crippen LogP contribution in [0.2, 0.25) is 0 Å². The van der Waals surface area contributed by atoms with Gasteiger partial charge in [-0.3, -0.25) is 0 Å². The quantitative estimate of drug-likeness (QED) is 0.814. The molecule has 1 aromatic rings. The van der Waals surface area contributed by atoms with Crippen LogP contribution in [0, 0.1) is 0 Å². The Balaban J connectivity index is 2.02. The average molecular weight is 217 g/mol. The molecule has 1 N–H and O–H groups in total. The highest BCUT2D eigenvalue weighted by Gasteiger charge is 2.15. The number of hydrogen-bond acceptors (Lipinski definition) is 1. The summed E-state index contributed by atoms with van der Waals surface area (Å²) in [5, 5.41) is 3.22. The summed E-state index contributed by atoms with van der Waals surface area (Å²) in [6.07, 6.45) is 8.23. The molecular weight excluding hydrogens is 194 g/mol. The fourth-order valence-electron chi connectivity index (χ4n) is 2.71. The van der Waals surface area contributed by atoms with Gasteiger partial charge in [-0.05, 0) is 49.9 Å². The van der Waals surface area contributed by atoms with E-state index in [1.165, 1.54) is 37.7 Å². The number of rotatable bonds is 4. The maximum absolute atomic E-state index is 3.22. The molecule has 88 valence electrons. The minimum atomic E-state index is 0.836. The van der Waals surface area contributed by atoms with Gasteiger partial charge in [0.15, 0.2) is 0 Å². The van der Waals surface area contributed by atoms with Crippen molar-refractivity contribution in [3.05, 3.63) is 35.4 Å². The first-order valence-corrected chi connectivity index (χ1v) is 6.63. The Morgan fingerprint density at radius 3 is 2.75 bits per heavy atom. The van der Waals surface area contributed by atoms with Crippen molar-refractivity contribution in [3.8, 4) is 0 Å². The van der Waals surface area contributed by atoms with Gasteiger partial charge in [-0.15, -0.1) is 0 Å². The molecule has 1 nitrogen and oxygen atoms in total. The Morgan fingerprint density at radius 1 is 1.19 bits per heavy atom. The lowest BCUT2D eigenvalue weighted by atomic mass is 9.83. The molecule has 1 aromatic carbocycles. The summed E-state index contributed by atoms with van der Waals surface area (Å²) in [5.41, 5.74) is 3.06. The number of nitrogens with one attached hydrogen (secondary N) is 1. The second-order valence-corrected chi connectivity index (χ2v) is 4.93. The van der Waals surface area contributed by atoms with Crippen LogP contribution < -0.4 is 5.32 Å². The van der Waals surface area contributed by atoms with Gasteiger partial charge in [-0.25, -0.2) is 0 Å². The van der Waals surface area contributed by atoms with E-state index in [0.29, 0.717) is 0 Å². The summed E-state index contributed by atoms with van der Waals surface area (Å²) >= 11 is 0. The second kappa shape index (κ2) is 6.05. The molecule has 0 amide bonds. The molecule has 0 unspecified atom stereocenters. The van der Waals surface area contributed by atoms with Crippen molar-refractivity contribution in [3.63, 3.8) is 0 Å². The van der Waals surface area contributed by atoms with E-state index in [4.69, 9.17) is 0 Å². The summed E-state index contributed by atoms with van der Waals surface area (Å²) in [6.45, 7) is 1.08. The van der Waals surface area contributed by atoms with E-state index >= 15 is 0 Å². The molecule has 1 aliphatic carbocycles. The number of likely N-dealkylation sites (N-methyl/N-ethyl adjacent to an activating group) is 1. The van der Waals surface area contributed by atoms with Crippen molar-refractivity contribution in [2.24, 2.45) is 0 Å². The van der Waals surface area contributed by atoms with E-state index in [2.05, 4.69) is 29.6 Å². The number of benzene rings is 1. The predicted octanol–water partition coefficient (Wildman–Crippen LogP) is 3.50. The van der Waals surface area contributed by atoms with E-state index in [1.54, 1.807) is 5.56 Å². The molecule has 0 heterocycles. The monoisotopic (exact) mass is 217 g/mol. The van der Waals surface area contributed by atoms with Crippen LogP contribution in [0.15, 0.2) is 24.3 Å². The van der Waals surface area contributed by atoms with Crippen molar-refractivity contribution in [2.45, 2.75) is 44.4 Å². The molecule has 1 heteroatoms. The summed E-state index contributed by atoms with van der Waals surface area (Å²) in [7, 11) is 2.02. The third kappa shape index (κ3) is 3.08. The van der Waals surface area contributed by atoms with Crippen molar-refractivity contribution < 1.29 is 0 Å². The molecule has 1 aliphatic rings. The molecule has 1 fully saturated rings. The predicted molar refractivity (Wildman–Crippen MR) is 69.9 cm³/mol. The maximum atomic E-state index is 3.22. The lowest BCUT2D eigenvalue weighted by Crippen LogP contribution is -2.11. The maximum Gasteiger partial charge on any atom is -0.00114 e.